The van der Waals surface area contributed by atoms with Gasteiger partial charge in [0.05, 0.1) is 6.54 Å². The summed E-state index contributed by atoms with van der Waals surface area (Å²) in [5, 5.41) is 10.2. The number of nitrogens with one attached hydrogen (secondary N) is 2. The van der Waals surface area contributed by atoms with Gasteiger partial charge in [0.2, 0.25) is 5.89 Å². The van der Waals surface area contributed by atoms with Crippen molar-refractivity contribution in [2.45, 2.75) is 39.5 Å². The van der Waals surface area contributed by atoms with Crippen molar-refractivity contribution in [3.8, 4) is 0 Å². The van der Waals surface area contributed by atoms with Gasteiger partial charge in [-0.25, -0.2) is 4.39 Å². The van der Waals surface area contributed by atoms with E-state index in [4.69, 9.17) is 4.52 Å². The number of halogens is 2. The molecule has 1 aromatic carbocycles. The minimum Gasteiger partial charge on any atom is -0.357 e. The zero-order valence-electron chi connectivity index (χ0n) is 15.7. The second-order valence-corrected chi connectivity index (χ2v) is 6.50. The van der Waals surface area contributed by atoms with Gasteiger partial charge >= 0.3 is 0 Å². The van der Waals surface area contributed by atoms with Gasteiger partial charge in [-0.3, -0.25) is 4.99 Å². The summed E-state index contributed by atoms with van der Waals surface area (Å²) in [5.41, 5.74) is 0.655. The van der Waals surface area contributed by atoms with E-state index in [9.17, 15) is 4.39 Å². The first-order chi connectivity index (χ1) is 11.9. The normalized spacial score (nSPS) is 11.8. The average molecular weight is 475 g/mol. The molecular weight excluding hydrogens is 448 g/mol. The zero-order valence-corrected chi connectivity index (χ0v) is 18.0. The summed E-state index contributed by atoms with van der Waals surface area (Å²) in [6.45, 7) is 9.83. The van der Waals surface area contributed by atoms with Gasteiger partial charge in [0.1, 0.15) is 5.82 Å². The summed E-state index contributed by atoms with van der Waals surface area (Å²) < 4.78 is 18.6. The van der Waals surface area contributed by atoms with E-state index < -0.39 is 0 Å². The third kappa shape index (κ3) is 6.89. The van der Waals surface area contributed by atoms with Crippen molar-refractivity contribution in [2.75, 3.05) is 19.6 Å². The molecule has 144 valence electrons. The monoisotopic (exact) mass is 475 g/mol. The fraction of sp³-hybridized carbons (Fsp3) is 0.500. The predicted molar refractivity (Wildman–Crippen MR) is 112 cm³/mol. The molecular formula is C18H27FIN5O. The Morgan fingerprint density at radius 1 is 1.31 bits per heavy atom. The van der Waals surface area contributed by atoms with E-state index in [1.54, 1.807) is 19.1 Å². The zero-order chi connectivity index (χ0) is 18.3. The topological polar surface area (TPSA) is 75.3 Å². The Hall–Kier alpha value is -1.71. The predicted octanol–water partition coefficient (Wildman–Crippen LogP) is 3.21. The van der Waals surface area contributed by atoms with Crippen LogP contribution in [-0.4, -0.2) is 35.7 Å². The molecule has 1 heterocycles. The molecule has 6 nitrogen and oxygen atoms in total. The first-order valence-electron chi connectivity index (χ1n) is 8.48. The first kappa shape index (κ1) is 22.3. The van der Waals surface area contributed by atoms with Crippen molar-refractivity contribution >= 4 is 29.9 Å². The number of aryl methyl sites for hydroxylation is 1. The molecule has 1 aromatic heterocycles. The number of rotatable bonds is 7. The fourth-order valence-corrected chi connectivity index (χ4v) is 2.35. The highest BCUT2D eigenvalue weighted by Crippen LogP contribution is 2.24. The Bertz CT molecular complexity index is 717. The van der Waals surface area contributed by atoms with Crippen molar-refractivity contribution in [1.82, 2.24) is 20.8 Å². The molecule has 0 atom stereocenters. The van der Waals surface area contributed by atoms with Crippen LogP contribution in [0.2, 0.25) is 0 Å². The van der Waals surface area contributed by atoms with Crippen LogP contribution in [0, 0.1) is 12.7 Å². The van der Waals surface area contributed by atoms with Crippen molar-refractivity contribution in [1.29, 1.82) is 0 Å². The lowest BCUT2D eigenvalue weighted by Crippen LogP contribution is -2.39. The van der Waals surface area contributed by atoms with Crippen LogP contribution in [-0.2, 0) is 11.8 Å². The van der Waals surface area contributed by atoms with E-state index in [2.05, 4.69) is 39.6 Å². The molecule has 0 radical (unpaired) electrons. The van der Waals surface area contributed by atoms with E-state index in [1.807, 2.05) is 13.0 Å². The molecule has 0 saturated heterocycles. The molecule has 0 aliphatic rings. The molecule has 0 fully saturated rings. The van der Waals surface area contributed by atoms with E-state index >= 15 is 0 Å². The Labute approximate surface area is 171 Å². The number of nitrogens with zero attached hydrogens (tertiary/aromatic N) is 3. The van der Waals surface area contributed by atoms with Gasteiger partial charge in [-0.15, -0.1) is 24.0 Å². The molecule has 0 spiro atoms. The van der Waals surface area contributed by atoms with Gasteiger partial charge in [-0.1, -0.05) is 31.1 Å². The number of guanidine groups is 1. The molecule has 26 heavy (non-hydrogen) atoms. The summed E-state index contributed by atoms with van der Waals surface area (Å²) in [6, 6.07) is 6.67. The fourth-order valence-electron chi connectivity index (χ4n) is 2.35. The SMILES string of the molecule is CCNC(=NCC(C)(C)c1cccc(F)c1)NCCc1nc(C)no1.I. The standard InChI is InChI=1S/C18H26FN5O.HI/c1-5-20-17(21-10-9-16-23-13(2)24-25-16)22-12-18(3,4)14-7-6-8-15(19)11-14;/h6-8,11H,5,9-10,12H2,1-4H3,(H2,20,21,22);1H. The van der Waals surface area contributed by atoms with Gasteiger partial charge in [0.25, 0.3) is 0 Å². The number of aromatic nitrogens is 2. The van der Waals surface area contributed by atoms with Gasteiger partial charge < -0.3 is 15.2 Å². The van der Waals surface area contributed by atoms with Crippen molar-refractivity contribution in [3.63, 3.8) is 0 Å². The lowest BCUT2D eigenvalue weighted by molar-refractivity contribution is 0.374. The molecule has 0 amide bonds. The van der Waals surface area contributed by atoms with E-state index in [-0.39, 0.29) is 35.2 Å². The van der Waals surface area contributed by atoms with Crippen LogP contribution in [0.3, 0.4) is 0 Å². The lowest BCUT2D eigenvalue weighted by Gasteiger charge is -2.24. The van der Waals surface area contributed by atoms with Crippen LogP contribution in [0.4, 0.5) is 4.39 Å². The van der Waals surface area contributed by atoms with Crippen molar-refractivity contribution in [2.24, 2.45) is 4.99 Å². The van der Waals surface area contributed by atoms with Gasteiger partial charge in [0.15, 0.2) is 11.8 Å². The largest absolute Gasteiger partial charge is 0.357 e. The van der Waals surface area contributed by atoms with Gasteiger partial charge in [-0.2, -0.15) is 4.98 Å². The molecule has 0 aliphatic carbocycles. The van der Waals surface area contributed by atoms with Gasteiger partial charge in [-0.05, 0) is 31.5 Å². The Morgan fingerprint density at radius 2 is 2.08 bits per heavy atom. The summed E-state index contributed by atoms with van der Waals surface area (Å²) in [5.74, 6) is 1.71. The molecule has 0 unspecified atom stereocenters. The summed E-state index contributed by atoms with van der Waals surface area (Å²) in [4.78, 5) is 8.81. The van der Waals surface area contributed by atoms with Crippen LogP contribution in [0.15, 0.2) is 33.8 Å². The maximum absolute atomic E-state index is 13.5. The van der Waals surface area contributed by atoms with E-state index in [1.165, 1.54) is 6.07 Å². The molecule has 0 bridgehead atoms. The quantitative estimate of drug-likeness (QED) is 0.366. The second kappa shape index (κ2) is 10.4. The minimum absolute atomic E-state index is 0. The molecule has 8 heteroatoms. The van der Waals surface area contributed by atoms with Crippen LogP contribution in [0.25, 0.3) is 0 Å². The second-order valence-electron chi connectivity index (χ2n) is 6.50. The Morgan fingerprint density at radius 3 is 2.69 bits per heavy atom. The van der Waals surface area contributed by atoms with Gasteiger partial charge in [0, 0.05) is 24.9 Å². The van der Waals surface area contributed by atoms with E-state index in [0.29, 0.717) is 37.2 Å². The molecule has 2 rings (SSSR count). The first-order valence-corrected chi connectivity index (χ1v) is 8.48. The highest BCUT2D eigenvalue weighted by atomic mass is 127. The van der Waals surface area contributed by atoms with Crippen LogP contribution >= 0.6 is 24.0 Å². The third-order valence-electron chi connectivity index (χ3n) is 3.78. The molecule has 0 saturated carbocycles. The van der Waals surface area contributed by atoms with E-state index in [0.717, 1.165) is 12.1 Å². The summed E-state index contributed by atoms with van der Waals surface area (Å²) >= 11 is 0. The molecule has 2 N–H and O–H groups in total. The minimum atomic E-state index is -0.270. The van der Waals surface area contributed by atoms with Crippen molar-refractivity contribution < 1.29 is 8.91 Å². The summed E-state index contributed by atoms with van der Waals surface area (Å²) in [7, 11) is 0. The number of aliphatic imine (C=N–C) groups is 1. The number of hydrogen-bond donors (Lipinski definition) is 2. The molecule has 2 aromatic rings. The lowest BCUT2D eigenvalue weighted by atomic mass is 9.85. The highest BCUT2D eigenvalue weighted by molar-refractivity contribution is 14.0. The maximum atomic E-state index is 13.5. The average Bonchev–Trinajstić information content (AvgIpc) is 2.98. The Kier molecular flexibility index (Phi) is 8.97. The maximum Gasteiger partial charge on any atom is 0.228 e. The van der Waals surface area contributed by atoms with Crippen molar-refractivity contribution in [3.05, 3.63) is 47.4 Å². The Balaban J connectivity index is 0.00000338. The number of benzene rings is 1. The smallest absolute Gasteiger partial charge is 0.228 e. The highest BCUT2D eigenvalue weighted by Gasteiger charge is 2.21. The van der Waals surface area contributed by atoms with Crippen LogP contribution in [0.1, 0.15) is 38.0 Å². The third-order valence-corrected chi connectivity index (χ3v) is 3.78. The summed E-state index contributed by atoms with van der Waals surface area (Å²) in [6.07, 6.45) is 0.624. The molecule has 0 aliphatic heterocycles. The number of hydrogen-bond acceptors (Lipinski definition) is 4. The van der Waals surface area contributed by atoms with Crippen LogP contribution in [0.5, 0.6) is 0 Å². The van der Waals surface area contributed by atoms with Crippen LogP contribution < -0.4 is 10.6 Å².